The van der Waals surface area contributed by atoms with E-state index in [9.17, 15) is 14.9 Å². The minimum absolute atomic E-state index is 0.0209. The maximum absolute atomic E-state index is 12.7. The standard InChI is InChI=1S/C26H25N3O5S/c1-33-24-9-5-7-20(26(24)34-2)22(21-14-27-23-8-4-3-6-19(21)23)15-28-25(30)16-35-18-12-10-17(11-13-18)29(31)32/h3-14,22,27H,15-16H2,1-2H3,(H,28,30). The van der Waals surface area contributed by atoms with Crippen molar-refractivity contribution in [1.82, 2.24) is 10.3 Å². The van der Waals surface area contributed by atoms with Crippen LogP contribution in [0, 0.1) is 10.1 Å². The molecule has 1 heterocycles. The second-order valence-electron chi connectivity index (χ2n) is 7.77. The Bertz CT molecular complexity index is 1340. The van der Waals surface area contributed by atoms with Gasteiger partial charge in [-0.25, -0.2) is 0 Å². The molecular formula is C26H25N3O5S. The van der Waals surface area contributed by atoms with Gasteiger partial charge >= 0.3 is 0 Å². The number of nitro groups is 1. The first-order valence-corrected chi connectivity index (χ1v) is 11.9. The number of amides is 1. The minimum Gasteiger partial charge on any atom is -0.493 e. The first kappa shape index (κ1) is 24.2. The Morgan fingerprint density at radius 1 is 1.03 bits per heavy atom. The van der Waals surface area contributed by atoms with Gasteiger partial charge < -0.3 is 19.8 Å². The number of nitrogens with one attached hydrogen (secondary N) is 2. The molecule has 35 heavy (non-hydrogen) atoms. The third kappa shape index (κ3) is 5.41. The van der Waals surface area contributed by atoms with Gasteiger partial charge in [-0.1, -0.05) is 30.3 Å². The van der Waals surface area contributed by atoms with Crippen molar-refractivity contribution in [2.75, 3.05) is 26.5 Å². The normalized spacial score (nSPS) is 11.7. The lowest BCUT2D eigenvalue weighted by Gasteiger charge is -2.22. The molecule has 3 aromatic carbocycles. The largest absolute Gasteiger partial charge is 0.493 e. The molecule has 0 aliphatic carbocycles. The number of methoxy groups -OCH3 is 2. The summed E-state index contributed by atoms with van der Waals surface area (Å²) < 4.78 is 11.2. The summed E-state index contributed by atoms with van der Waals surface area (Å²) in [5, 5.41) is 14.9. The van der Waals surface area contributed by atoms with E-state index in [0.717, 1.165) is 26.9 Å². The SMILES string of the molecule is COc1cccc(C(CNC(=O)CSc2ccc([N+](=O)[O-])cc2)c2c[nH]c3ccccc23)c1OC. The molecule has 0 radical (unpaired) electrons. The average molecular weight is 492 g/mol. The number of carbonyl (C=O) groups is 1. The molecule has 4 aromatic rings. The molecular weight excluding hydrogens is 466 g/mol. The molecule has 0 spiro atoms. The number of H-pyrrole nitrogens is 1. The smallest absolute Gasteiger partial charge is 0.269 e. The van der Waals surface area contributed by atoms with Gasteiger partial charge in [-0.05, 0) is 29.8 Å². The van der Waals surface area contributed by atoms with Crippen molar-refractivity contribution in [2.45, 2.75) is 10.8 Å². The number of fused-ring (bicyclic) bond motifs is 1. The van der Waals surface area contributed by atoms with Crippen LogP contribution in [0.3, 0.4) is 0 Å². The number of non-ortho nitro benzene ring substituents is 1. The highest BCUT2D eigenvalue weighted by molar-refractivity contribution is 8.00. The van der Waals surface area contributed by atoms with Gasteiger partial charge in [0, 0.05) is 52.2 Å². The molecule has 0 bridgehead atoms. The fourth-order valence-electron chi connectivity index (χ4n) is 4.04. The molecule has 4 rings (SSSR count). The summed E-state index contributed by atoms with van der Waals surface area (Å²) in [6, 6.07) is 19.9. The summed E-state index contributed by atoms with van der Waals surface area (Å²) in [5.41, 5.74) is 2.97. The summed E-state index contributed by atoms with van der Waals surface area (Å²) in [7, 11) is 3.20. The predicted octanol–water partition coefficient (Wildman–Crippen LogP) is 5.13. The Morgan fingerprint density at radius 3 is 2.51 bits per heavy atom. The molecule has 1 unspecified atom stereocenters. The van der Waals surface area contributed by atoms with E-state index in [0.29, 0.717) is 18.0 Å². The molecule has 8 nitrogen and oxygen atoms in total. The highest BCUT2D eigenvalue weighted by Crippen LogP contribution is 2.40. The van der Waals surface area contributed by atoms with Crippen LogP contribution < -0.4 is 14.8 Å². The fourth-order valence-corrected chi connectivity index (χ4v) is 4.76. The lowest BCUT2D eigenvalue weighted by molar-refractivity contribution is -0.384. The average Bonchev–Trinajstić information content (AvgIpc) is 3.31. The van der Waals surface area contributed by atoms with Crippen molar-refractivity contribution in [2.24, 2.45) is 0 Å². The topological polar surface area (TPSA) is 106 Å². The second kappa shape index (κ2) is 11.0. The van der Waals surface area contributed by atoms with E-state index in [1.165, 1.54) is 23.9 Å². The van der Waals surface area contributed by atoms with Gasteiger partial charge in [-0.15, -0.1) is 11.8 Å². The van der Waals surface area contributed by atoms with Crippen LogP contribution in [-0.4, -0.2) is 42.3 Å². The van der Waals surface area contributed by atoms with Crippen LogP contribution in [0.4, 0.5) is 5.69 Å². The van der Waals surface area contributed by atoms with Gasteiger partial charge in [0.2, 0.25) is 5.91 Å². The van der Waals surface area contributed by atoms with Crippen LogP contribution in [0.5, 0.6) is 11.5 Å². The van der Waals surface area contributed by atoms with Gasteiger partial charge in [0.15, 0.2) is 11.5 Å². The fraction of sp³-hybridized carbons (Fsp3) is 0.192. The van der Waals surface area contributed by atoms with Gasteiger partial charge in [0.05, 0.1) is 24.9 Å². The second-order valence-corrected chi connectivity index (χ2v) is 8.82. The van der Waals surface area contributed by atoms with E-state index in [2.05, 4.69) is 10.3 Å². The molecule has 0 saturated carbocycles. The highest BCUT2D eigenvalue weighted by Gasteiger charge is 2.24. The van der Waals surface area contributed by atoms with E-state index in [-0.39, 0.29) is 23.3 Å². The van der Waals surface area contributed by atoms with Gasteiger partial charge in [0.25, 0.3) is 5.69 Å². The van der Waals surface area contributed by atoms with E-state index < -0.39 is 4.92 Å². The third-order valence-corrected chi connectivity index (χ3v) is 6.74. The molecule has 1 aromatic heterocycles. The molecule has 0 fully saturated rings. The van der Waals surface area contributed by atoms with E-state index >= 15 is 0 Å². The number of nitrogens with zero attached hydrogens (tertiary/aromatic N) is 1. The summed E-state index contributed by atoms with van der Waals surface area (Å²) in [4.78, 5) is 27.2. The number of benzene rings is 3. The molecule has 2 N–H and O–H groups in total. The maximum atomic E-state index is 12.7. The third-order valence-electron chi connectivity index (χ3n) is 5.73. The van der Waals surface area contributed by atoms with Crippen molar-refractivity contribution in [1.29, 1.82) is 0 Å². The number of hydrogen-bond donors (Lipinski definition) is 2. The number of nitro benzene ring substituents is 1. The van der Waals surface area contributed by atoms with Gasteiger partial charge in [0.1, 0.15) is 0 Å². The quantitative estimate of drug-likeness (QED) is 0.181. The number of rotatable bonds is 10. The first-order chi connectivity index (χ1) is 17.0. The maximum Gasteiger partial charge on any atom is 0.269 e. The number of ether oxygens (including phenoxy) is 2. The Kier molecular flexibility index (Phi) is 7.57. The van der Waals surface area contributed by atoms with Gasteiger partial charge in [-0.3, -0.25) is 14.9 Å². The van der Waals surface area contributed by atoms with Crippen molar-refractivity contribution < 1.29 is 19.2 Å². The van der Waals surface area contributed by atoms with Crippen LogP contribution >= 0.6 is 11.8 Å². The van der Waals surface area contributed by atoms with Crippen LogP contribution in [-0.2, 0) is 4.79 Å². The van der Waals surface area contributed by atoms with Crippen molar-refractivity contribution in [3.8, 4) is 11.5 Å². The van der Waals surface area contributed by atoms with E-state index in [1.54, 1.807) is 26.4 Å². The summed E-state index contributed by atoms with van der Waals surface area (Å²) in [6.07, 6.45) is 1.96. The zero-order valence-corrected chi connectivity index (χ0v) is 20.1. The zero-order chi connectivity index (χ0) is 24.8. The van der Waals surface area contributed by atoms with Crippen LogP contribution in [0.2, 0.25) is 0 Å². The van der Waals surface area contributed by atoms with Crippen LogP contribution in [0.1, 0.15) is 17.0 Å². The minimum atomic E-state index is -0.446. The number of aromatic nitrogens is 1. The number of aromatic amines is 1. The molecule has 1 amide bonds. The highest BCUT2D eigenvalue weighted by atomic mass is 32.2. The number of carbonyl (C=O) groups excluding carboxylic acids is 1. The summed E-state index contributed by atoms with van der Waals surface area (Å²) >= 11 is 1.32. The predicted molar refractivity (Wildman–Crippen MR) is 137 cm³/mol. The molecule has 180 valence electrons. The van der Waals surface area contributed by atoms with E-state index in [1.807, 2.05) is 48.7 Å². The Labute approximate surface area is 206 Å². The van der Waals surface area contributed by atoms with E-state index in [4.69, 9.17) is 9.47 Å². The number of hydrogen-bond acceptors (Lipinski definition) is 6. The van der Waals surface area contributed by atoms with Crippen molar-refractivity contribution >= 4 is 34.3 Å². The molecule has 0 aliphatic heterocycles. The van der Waals surface area contributed by atoms with Crippen LogP contribution in [0.15, 0.2) is 77.8 Å². The lowest BCUT2D eigenvalue weighted by atomic mass is 9.90. The molecule has 9 heteroatoms. The monoisotopic (exact) mass is 491 g/mol. The first-order valence-electron chi connectivity index (χ1n) is 10.9. The lowest BCUT2D eigenvalue weighted by Crippen LogP contribution is -2.30. The zero-order valence-electron chi connectivity index (χ0n) is 19.3. The number of para-hydroxylation sites is 2. The molecule has 0 aliphatic rings. The molecule has 0 saturated heterocycles. The molecule has 1 atom stereocenters. The summed E-state index contributed by atoms with van der Waals surface area (Å²) in [6.45, 7) is 0.352. The van der Waals surface area contributed by atoms with Crippen molar-refractivity contribution in [3.05, 3.63) is 94.2 Å². The van der Waals surface area contributed by atoms with Crippen molar-refractivity contribution in [3.63, 3.8) is 0 Å². The Balaban J connectivity index is 1.55. The van der Waals surface area contributed by atoms with Gasteiger partial charge in [-0.2, -0.15) is 0 Å². The van der Waals surface area contributed by atoms with Crippen LogP contribution in [0.25, 0.3) is 10.9 Å². The Hall–Kier alpha value is -3.98. The number of thioether (sulfide) groups is 1. The summed E-state index contributed by atoms with van der Waals surface area (Å²) in [5.74, 6) is 1.10. The Morgan fingerprint density at radius 2 is 1.80 bits per heavy atom.